The maximum absolute atomic E-state index is 5.83. The zero-order chi connectivity index (χ0) is 12.7. The SMILES string of the molecule is c1cc2nn(C3CCCCO3)cc2c2c1CNCC2. The van der Waals surface area contributed by atoms with Crippen LogP contribution in [-0.4, -0.2) is 22.9 Å². The van der Waals surface area contributed by atoms with Gasteiger partial charge in [-0.2, -0.15) is 5.10 Å². The Morgan fingerprint density at radius 3 is 3.21 bits per heavy atom. The average Bonchev–Trinajstić information content (AvgIpc) is 2.93. The van der Waals surface area contributed by atoms with Crippen LogP contribution in [0, 0.1) is 0 Å². The predicted octanol–water partition coefficient (Wildman–Crippen LogP) is 2.38. The Morgan fingerprint density at radius 2 is 2.32 bits per heavy atom. The topological polar surface area (TPSA) is 39.1 Å². The van der Waals surface area contributed by atoms with E-state index in [4.69, 9.17) is 9.84 Å². The number of ether oxygens (including phenoxy) is 1. The summed E-state index contributed by atoms with van der Waals surface area (Å²) in [5.74, 6) is 0. The first-order valence-corrected chi connectivity index (χ1v) is 7.24. The van der Waals surface area contributed by atoms with E-state index in [2.05, 4.69) is 23.6 Å². The van der Waals surface area contributed by atoms with Gasteiger partial charge in [0.15, 0.2) is 0 Å². The Balaban J connectivity index is 1.78. The first kappa shape index (κ1) is 11.4. The lowest BCUT2D eigenvalue weighted by atomic mass is 9.98. The van der Waals surface area contributed by atoms with Gasteiger partial charge in [-0.3, -0.25) is 0 Å². The van der Waals surface area contributed by atoms with Crippen molar-refractivity contribution in [3.63, 3.8) is 0 Å². The number of nitrogens with zero attached hydrogens (tertiary/aromatic N) is 2. The lowest BCUT2D eigenvalue weighted by Crippen LogP contribution is -2.23. The summed E-state index contributed by atoms with van der Waals surface area (Å²) >= 11 is 0. The van der Waals surface area contributed by atoms with Crippen LogP contribution in [0.3, 0.4) is 0 Å². The van der Waals surface area contributed by atoms with Crippen LogP contribution in [0.1, 0.15) is 36.6 Å². The number of fused-ring (bicyclic) bond motifs is 3. The maximum atomic E-state index is 5.83. The van der Waals surface area contributed by atoms with E-state index in [1.54, 1.807) is 0 Å². The van der Waals surface area contributed by atoms with E-state index in [1.807, 2.05) is 4.68 Å². The van der Waals surface area contributed by atoms with E-state index in [1.165, 1.54) is 29.4 Å². The molecular formula is C15H19N3O. The fourth-order valence-corrected chi connectivity index (χ4v) is 3.19. The molecule has 0 bridgehead atoms. The lowest BCUT2D eigenvalue weighted by Gasteiger charge is -2.22. The molecule has 19 heavy (non-hydrogen) atoms. The largest absolute Gasteiger partial charge is 0.357 e. The van der Waals surface area contributed by atoms with Crippen LogP contribution in [-0.2, 0) is 17.7 Å². The summed E-state index contributed by atoms with van der Waals surface area (Å²) in [6.07, 6.45) is 6.93. The van der Waals surface area contributed by atoms with Crippen molar-refractivity contribution >= 4 is 10.9 Å². The van der Waals surface area contributed by atoms with Crippen molar-refractivity contribution in [3.8, 4) is 0 Å². The molecule has 0 spiro atoms. The summed E-state index contributed by atoms with van der Waals surface area (Å²) in [7, 11) is 0. The average molecular weight is 257 g/mol. The molecule has 0 amide bonds. The molecule has 1 aromatic carbocycles. The van der Waals surface area contributed by atoms with E-state index in [0.717, 1.165) is 38.1 Å². The third kappa shape index (κ3) is 1.95. The van der Waals surface area contributed by atoms with Crippen molar-refractivity contribution in [1.82, 2.24) is 15.1 Å². The number of benzene rings is 1. The van der Waals surface area contributed by atoms with Gasteiger partial charge in [-0.25, -0.2) is 4.68 Å². The highest BCUT2D eigenvalue weighted by Gasteiger charge is 2.19. The van der Waals surface area contributed by atoms with Crippen LogP contribution >= 0.6 is 0 Å². The summed E-state index contributed by atoms with van der Waals surface area (Å²) in [6.45, 7) is 2.91. The van der Waals surface area contributed by atoms with E-state index in [9.17, 15) is 0 Å². The maximum Gasteiger partial charge on any atom is 0.150 e. The molecule has 100 valence electrons. The Bertz CT molecular complexity index is 599. The minimum absolute atomic E-state index is 0.138. The van der Waals surface area contributed by atoms with Crippen molar-refractivity contribution in [3.05, 3.63) is 29.5 Å². The van der Waals surface area contributed by atoms with Crippen LogP contribution in [0.25, 0.3) is 10.9 Å². The van der Waals surface area contributed by atoms with Gasteiger partial charge in [0.2, 0.25) is 0 Å². The van der Waals surface area contributed by atoms with Crippen LogP contribution in [0.2, 0.25) is 0 Å². The second kappa shape index (κ2) is 4.62. The van der Waals surface area contributed by atoms with Crippen molar-refractivity contribution < 1.29 is 4.74 Å². The second-order valence-corrected chi connectivity index (χ2v) is 5.49. The highest BCUT2D eigenvalue weighted by Crippen LogP contribution is 2.28. The van der Waals surface area contributed by atoms with Gasteiger partial charge in [0.1, 0.15) is 6.23 Å². The monoisotopic (exact) mass is 257 g/mol. The third-order valence-corrected chi connectivity index (χ3v) is 4.23. The molecule has 1 aromatic heterocycles. The fourth-order valence-electron chi connectivity index (χ4n) is 3.19. The highest BCUT2D eigenvalue weighted by atomic mass is 16.5. The second-order valence-electron chi connectivity index (χ2n) is 5.49. The van der Waals surface area contributed by atoms with Crippen LogP contribution < -0.4 is 5.32 Å². The zero-order valence-corrected chi connectivity index (χ0v) is 11.1. The van der Waals surface area contributed by atoms with Gasteiger partial charge in [0, 0.05) is 24.7 Å². The fraction of sp³-hybridized carbons (Fsp3) is 0.533. The van der Waals surface area contributed by atoms with Gasteiger partial charge in [-0.1, -0.05) is 6.07 Å². The number of hydrogen-bond donors (Lipinski definition) is 1. The Morgan fingerprint density at radius 1 is 1.32 bits per heavy atom. The summed E-state index contributed by atoms with van der Waals surface area (Å²) in [4.78, 5) is 0. The number of nitrogens with one attached hydrogen (secondary N) is 1. The molecule has 1 fully saturated rings. The number of rotatable bonds is 1. The van der Waals surface area contributed by atoms with Gasteiger partial charge in [-0.15, -0.1) is 0 Å². The molecule has 4 nitrogen and oxygen atoms in total. The van der Waals surface area contributed by atoms with Gasteiger partial charge >= 0.3 is 0 Å². The summed E-state index contributed by atoms with van der Waals surface area (Å²) < 4.78 is 7.86. The molecule has 1 atom stereocenters. The van der Waals surface area contributed by atoms with Gasteiger partial charge < -0.3 is 10.1 Å². The molecule has 2 aromatic rings. The standard InChI is InChI=1S/C15H19N3O/c1-2-8-19-15(3-1)18-10-13-12-6-7-16-9-11(12)4-5-14(13)17-18/h4-5,10,15-16H,1-3,6-9H2. The number of aromatic nitrogens is 2. The minimum Gasteiger partial charge on any atom is -0.357 e. The van der Waals surface area contributed by atoms with Crippen LogP contribution in [0.15, 0.2) is 18.3 Å². The molecule has 1 N–H and O–H groups in total. The van der Waals surface area contributed by atoms with Crippen molar-refractivity contribution in [1.29, 1.82) is 0 Å². The molecule has 0 aliphatic carbocycles. The van der Waals surface area contributed by atoms with E-state index in [-0.39, 0.29) is 6.23 Å². The zero-order valence-electron chi connectivity index (χ0n) is 11.1. The number of hydrogen-bond acceptors (Lipinski definition) is 3. The lowest BCUT2D eigenvalue weighted by molar-refractivity contribution is -0.0390. The molecule has 3 heterocycles. The first-order valence-electron chi connectivity index (χ1n) is 7.24. The summed E-state index contributed by atoms with van der Waals surface area (Å²) in [5, 5.41) is 9.45. The Kier molecular flexibility index (Phi) is 2.78. The first-order chi connectivity index (χ1) is 9.42. The normalized spacial score (nSPS) is 23.5. The molecular weight excluding hydrogens is 238 g/mol. The minimum atomic E-state index is 0.138. The molecule has 2 aliphatic heterocycles. The Labute approximate surface area is 112 Å². The molecule has 1 saturated heterocycles. The van der Waals surface area contributed by atoms with Crippen LogP contribution in [0.5, 0.6) is 0 Å². The highest BCUT2D eigenvalue weighted by molar-refractivity contribution is 5.83. The molecule has 4 heteroatoms. The third-order valence-electron chi connectivity index (χ3n) is 4.23. The van der Waals surface area contributed by atoms with Crippen molar-refractivity contribution in [2.45, 2.75) is 38.5 Å². The summed E-state index contributed by atoms with van der Waals surface area (Å²) in [6, 6.07) is 4.35. The van der Waals surface area contributed by atoms with E-state index >= 15 is 0 Å². The molecule has 4 rings (SSSR count). The molecule has 2 aliphatic rings. The van der Waals surface area contributed by atoms with Gasteiger partial charge in [0.25, 0.3) is 0 Å². The molecule has 0 radical (unpaired) electrons. The molecule has 0 saturated carbocycles. The molecule has 1 unspecified atom stereocenters. The quantitative estimate of drug-likeness (QED) is 0.852. The van der Waals surface area contributed by atoms with E-state index in [0.29, 0.717) is 0 Å². The van der Waals surface area contributed by atoms with Crippen molar-refractivity contribution in [2.75, 3.05) is 13.2 Å². The van der Waals surface area contributed by atoms with E-state index < -0.39 is 0 Å². The smallest absolute Gasteiger partial charge is 0.150 e. The summed E-state index contributed by atoms with van der Waals surface area (Å²) in [5.41, 5.74) is 4.00. The predicted molar refractivity (Wildman–Crippen MR) is 74.0 cm³/mol. The van der Waals surface area contributed by atoms with Gasteiger partial charge in [-0.05, 0) is 49.4 Å². The Hall–Kier alpha value is -1.39. The van der Waals surface area contributed by atoms with Crippen LogP contribution in [0.4, 0.5) is 0 Å². The van der Waals surface area contributed by atoms with Crippen molar-refractivity contribution in [2.24, 2.45) is 0 Å². The van der Waals surface area contributed by atoms with Gasteiger partial charge in [0.05, 0.1) is 5.52 Å².